The van der Waals surface area contributed by atoms with Crippen LogP contribution in [0.3, 0.4) is 0 Å². The van der Waals surface area contributed by atoms with Crippen molar-refractivity contribution in [1.82, 2.24) is 9.47 Å². The fourth-order valence-electron chi connectivity index (χ4n) is 3.03. The zero-order valence-corrected chi connectivity index (χ0v) is 13.9. The van der Waals surface area contributed by atoms with Crippen molar-refractivity contribution in [2.24, 2.45) is 7.05 Å². The van der Waals surface area contributed by atoms with E-state index in [0.717, 1.165) is 23.9 Å². The van der Waals surface area contributed by atoms with Gasteiger partial charge in [0, 0.05) is 30.4 Å². The minimum atomic E-state index is -0.0584. The molecular formula is C19H20N2O3. The molecule has 4 rings (SSSR count). The molecule has 124 valence electrons. The van der Waals surface area contributed by atoms with Crippen molar-refractivity contribution in [3.8, 4) is 5.75 Å². The number of aromatic nitrogens is 1. The Kier molecular flexibility index (Phi) is 3.56. The van der Waals surface area contributed by atoms with Gasteiger partial charge in [-0.3, -0.25) is 4.79 Å². The van der Waals surface area contributed by atoms with Crippen molar-refractivity contribution >= 4 is 16.9 Å². The summed E-state index contributed by atoms with van der Waals surface area (Å²) in [6.07, 6.45) is 4.11. The molecule has 1 aliphatic rings. The molecule has 1 aromatic carbocycles. The number of carbonyl (C=O) groups excluding carboxylic acids is 1. The lowest BCUT2D eigenvalue weighted by molar-refractivity contribution is 0.0696. The Bertz CT molecular complexity index is 889. The third-order valence-electron chi connectivity index (χ3n) is 4.57. The molecule has 1 amide bonds. The van der Waals surface area contributed by atoms with Gasteiger partial charge in [-0.2, -0.15) is 0 Å². The number of ether oxygens (including phenoxy) is 1. The predicted molar refractivity (Wildman–Crippen MR) is 91.1 cm³/mol. The van der Waals surface area contributed by atoms with Gasteiger partial charge in [0.15, 0.2) is 17.1 Å². The summed E-state index contributed by atoms with van der Waals surface area (Å²) in [6.45, 7) is 0.598. The molecule has 0 atom stereocenters. The summed E-state index contributed by atoms with van der Waals surface area (Å²) < 4.78 is 13.2. The number of nitrogens with zero attached hydrogens (tertiary/aromatic N) is 2. The van der Waals surface area contributed by atoms with E-state index in [1.807, 2.05) is 53.0 Å². The summed E-state index contributed by atoms with van der Waals surface area (Å²) in [4.78, 5) is 14.9. The molecule has 1 fully saturated rings. The number of para-hydroxylation sites is 1. The number of amides is 1. The zero-order chi connectivity index (χ0) is 16.7. The smallest absolute Gasteiger partial charge is 0.290 e. The molecule has 0 saturated heterocycles. The molecule has 5 heteroatoms. The van der Waals surface area contributed by atoms with E-state index in [-0.39, 0.29) is 5.91 Å². The molecule has 0 bridgehead atoms. The Morgan fingerprint density at radius 1 is 1.33 bits per heavy atom. The van der Waals surface area contributed by atoms with Crippen molar-refractivity contribution in [1.29, 1.82) is 0 Å². The van der Waals surface area contributed by atoms with E-state index in [0.29, 0.717) is 29.7 Å². The van der Waals surface area contributed by atoms with E-state index in [2.05, 4.69) is 0 Å². The zero-order valence-electron chi connectivity index (χ0n) is 13.9. The minimum Gasteiger partial charge on any atom is -0.493 e. The molecule has 0 radical (unpaired) electrons. The number of hydrogen-bond acceptors (Lipinski definition) is 3. The first-order valence-electron chi connectivity index (χ1n) is 8.15. The molecule has 1 saturated carbocycles. The molecule has 0 spiro atoms. The van der Waals surface area contributed by atoms with Crippen LogP contribution in [-0.4, -0.2) is 28.5 Å². The highest BCUT2D eigenvalue weighted by Gasteiger charge is 2.35. The van der Waals surface area contributed by atoms with E-state index in [4.69, 9.17) is 9.15 Å². The van der Waals surface area contributed by atoms with Gasteiger partial charge in [0.1, 0.15) is 0 Å². The normalized spacial score (nSPS) is 14.1. The lowest BCUT2D eigenvalue weighted by Crippen LogP contribution is -2.33. The average molecular weight is 324 g/mol. The maximum Gasteiger partial charge on any atom is 0.290 e. The standard InChI is InChI=1S/C19H20N2O3/c1-20-10-4-6-15(20)12-21(14-8-9-14)19(22)17-11-13-5-3-7-16(23-2)18(13)24-17/h3-7,10-11,14H,8-9,12H2,1-2H3. The van der Waals surface area contributed by atoms with Gasteiger partial charge < -0.3 is 18.6 Å². The van der Waals surface area contributed by atoms with Crippen molar-refractivity contribution in [3.63, 3.8) is 0 Å². The number of aryl methyl sites for hydroxylation is 1. The number of methoxy groups -OCH3 is 1. The van der Waals surface area contributed by atoms with Crippen molar-refractivity contribution in [2.45, 2.75) is 25.4 Å². The number of furan rings is 1. The quantitative estimate of drug-likeness (QED) is 0.720. The molecule has 0 N–H and O–H groups in total. The van der Waals surface area contributed by atoms with Gasteiger partial charge in [-0.25, -0.2) is 0 Å². The van der Waals surface area contributed by atoms with Crippen LogP contribution in [0.5, 0.6) is 5.75 Å². The Hall–Kier alpha value is -2.69. The fraction of sp³-hybridized carbons (Fsp3) is 0.316. The highest BCUT2D eigenvalue weighted by atomic mass is 16.5. The molecule has 3 aromatic rings. The summed E-state index contributed by atoms with van der Waals surface area (Å²) in [6, 6.07) is 11.8. The molecular weight excluding hydrogens is 304 g/mol. The summed E-state index contributed by atoms with van der Waals surface area (Å²) in [5, 5.41) is 0.882. The topological polar surface area (TPSA) is 47.6 Å². The summed E-state index contributed by atoms with van der Waals surface area (Å²) in [7, 11) is 3.60. The second-order valence-electron chi connectivity index (χ2n) is 6.26. The van der Waals surface area contributed by atoms with Crippen LogP contribution in [0.25, 0.3) is 11.0 Å². The first-order chi connectivity index (χ1) is 11.7. The minimum absolute atomic E-state index is 0.0584. The van der Waals surface area contributed by atoms with E-state index < -0.39 is 0 Å². The summed E-state index contributed by atoms with van der Waals surface area (Å²) in [5.74, 6) is 0.958. The molecule has 2 aromatic heterocycles. The van der Waals surface area contributed by atoms with Crippen LogP contribution >= 0.6 is 0 Å². The second-order valence-corrected chi connectivity index (χ2v) is 6.26. The number of hydrogen-bond donors (Lipinski definition) is 0. The Balaban J connectivity index is 1.66. The van der Waals surface area contributed by atoms with Gasteiger partial charge in [0.25, 0.3) is 5.91 Å². The maximum absolute atomic E-state index is 13.0. The first-order valence-corrected chi connectivity index (χ1v) is 8.15. The highest BCUT2D eigenvalue weighted by molar-refractivity contribution is 5.97. The highest BCUT2D eigenvalue weighted by Crippen LogP contribution is 2.33. The van der Waals surface area contributed by atoms with Gasteiger partial charge in [-0.1, -0.05) is 12.1 Å². The van der Waals surface area contributed by atoms with Crippen LogP contribution in [0.1, 0.15) is 29.1 Å². The van der Waals surface area contributed by atoms with Gasteiger partial charge in [-0.15, -0.1) is 0 Å². The molecule has 2 heterocycles. The van der Waals surface area contributed by atoms with E-state index in [1.54, 1.807) is 13.2 Å². The third kappa shape index (κ3) is 2.56. The van der Waals surface area contributed by atoms with E-state index >= 15 is 0 Å². The molecule has 24 heavy (non-hydrogen) atoms. The monoisotopic (exact) mass is 324 g/mol. The molecule has 0 aliphatic heterocycles. The van der Waals surface area contributed by atoms with Gasteiger partial charge >= 0.3 is 0 Å². The number of carbonyl (C=O) groups is 1. The van der Waals surface area contributed by atoms with Crippen LogP contribution in [0.4, 0.5) is 0 Å². The Labute approximate surface area is 140 Å². The molecule has 5 nitrogen and oxygen atoms in total. The van der Waals surface area contributed by atoms with Gasteiger partial charge in [0.2, 0.25) is 0 Å². The Morgan fingerprint density at radius 2 is 2.17 bits per heavy atom. The predicted octanol–water partition coefficient (Wildman–Crippen LogP) is 3.58. The van der Waals surface area contributed by atoms with E-state index in [1.165, 1.54) is 0 Å². The third-order valence-corrected chi connectivity index (χ3v) is 4.57. The van der Waals surface area contributed by atoms with Crippen molar-refractivity contribution in [3.05, 3.63) is 54.0 Å². The van der Waals surface area contributed by atoms with Crippen molar-refractivity contribution in [2.75, 3.05) is 7.11 Å². The number of fused-ring (bicyclic) bond motifs is 1. The lowest BCUT2D eigenvalue weighted by atomic mass is 10.2. The summed E-state index contributed by atoms with van der Waals surface area (Å²) >= 11 is 0. The average Bonchev–Trinajstić information content (AvgIpc) is 3.20. The fourth-order valence-corrected chi connectivity index (χ4v) is 3.03. The lowest BCUT2D eigenvalue weighted by Gasteiger charge is -2.21. The van der Waals surface area contributed by atoms with Crippen LogP contribution in [0, 0.1) is 0 Å². The van der Waals surface area contributed by atoms with Crippen LogP contribution in [0.2, 0.25) is 0 Å². The second kappa shape index (κ2) is 5.74. The molecule has 0 unspecified atom stereocenters. The number of rotatable bonds is 5. The number of benzene rings is 1. The van der Waals surface area contributed by atoms with E-state index in [9.17, 15) is 4.79 Å². The molecule has 1 aliphatic carbocycles. The SMILES string of the molecule is COc1cccc2cc(C(=O)N(Cc3cccn3C)C3CC3)oc12. The summed E-state index contributed by atoms with van der Waals surface area (Å²) in [5.41, 5.74) is 1.74. The Morgan fingerprint density at radius 3 is 2.83 bits per heavy atom. The largest absolute Gasteiger partial charge is 0.493 e. The maximum atomic E-state index is 13.0. The van der Waals surface area contributed by atoms with Crippen LogP contribution < -0.4 is 4.74 Å². The first kappa shape index (κ1) is 14.9. The van der Waals surface area contributed by atoms with Gasteiger partial charge in [0.05, 0.1) is 13.7 Å². The van der Waals surface area contributed by atoms with Gasteiger partial charge in [-0.05, 0) is 37.1 Å². The van der Waals surface area contributed by atoms with Crippen LogP contribution in [0.15, 0.2) is 47.0 Å². The van der Waals surface area contributed by atoms with Crippen molar-refractivity contribution < 1.29 is 13.9 Å². The van der Waals surface area contributed by atoms with Crippen LogP contribution in [-0.2, 0) is 13.6 Å².